The summed E-state index contributed by atoms with van der Waals surface area (Å²) in [6, 6.07) is 20.5. The molecule has 2 aromatic carbocycles. The van der Waals surface area contributed by atoms with Crippen molar-refractivity contribution in [1.82, 2.24) is 29.7 Å². The molecule has 6 rings (SSSR count). The zero-order chi connectivity index (χ0) is 21.3. The summed E-state index contributed by atoms with van der Waals surface area (Å²) < 4.78 is 3.72. The average molecular weight is 459 g/mol. The minimum absolute atomic E-state index is 0.651. The first-order chi connectivity index (χ1) is 15.8. The molecular weight excluding hydrogens is 440 g/mol. The van der Waals surface area contributed by atoms with E-state index in [9.17, 15) is 0 Å². The molecule has 4 heterocycles. The summed E-state index contributed by atoms with van der Waals surface area (Å²) in [5.41, 5.74) is 4.29. The number of benzene rings is 2. The molecule has 0 amide bonds. The Labute approximate surface area is 192 Å². The molecule has 0 unspecified atom stereocenters. The van der Waals surface area contributed by atoms with E-state index in [2.05, 4.69) is 44.7 Å². The molecule has 0 fully saturated rings. The quantitative estimate of drug-likeness (QED) is 0.456. The third-order valence-corrected chi connectivity index (χ3v) is 7.12. The first-order valence-electron chi connectivity index (χ1n) is 10.3. The highest BCUT2D eigenvalue weighted by Crippen LogP contribution is 2.26. The van der Waals surface area contributed by atoms with Gasteiger partial charge in [-0.15, -0.1) is 20.4 Å². The van der Waals surface area contributed by atoms with Crippen molar-refractivity contribution < 1.29 is 0 Å². The normalized spacial score (nSPS) is 15.0. The van der Waals surface area contributed by atoms with E-state index in [0.717, 1.165) is 56.0 Å². The summed E-state index contributed by atoms with van der Waals surface area (Å²) in [7, 11) is 0. The molecule has 10 heteroatoms. The number of rotatable bonds is 5. The van der Waals surface area contributed by atoms with Crippen molar-refractivity contribution in [1.29, 1.82) is 0 Å². The van der Waals surface area contributed by atoms with Crippen LogP contribution in [0.3, 0.4) is 0 Å². The molecule has 158 valence electrons. The second kappa shape index (κ2) is 8.36. The molecule has 0 atom stereocenters. The molecule has 4 aromatic rings. The van der Waals surface area contributed by atoms with E-state index in [0.29, 0.717) is 12.8 Å². The Bertz CT molecular complexity index is 1220. The van der Waals surface area contributed by atoms with Crippen molar-refractivity contribution in [3.8, 4) is 0 Å². The Morgan fingerprint density at radius 2 is 1.03 bits per heavy atom. The third-order valence-electron chi connectivity index (χ3n) is 5.26. The second-order valence-electron chi connectivity index (χ2n) is 7.32. The van der Waals surface area contributed by atoms with Crippen LogP contribution in [-0.2, 0) is 12.8 Å². The van der Waals surface area contributed by atoms with Crippen molar-refractivity contribution in [3.63, 3.8) is 0 Å². The van der Waals surface area contributed by atoms with Gasteiger partial charge in [0, 0.05) is 24.3 Å². The highest BCUT2D eigenvalue weighted by atomic mass is 32.2. The lowest BCUT2D eigenvalue weighted by Crippen LogP contribution is -2.16. The maximum Gasteiger partial charge on any atom is 0.212 e. The first-order valence-corrected chi connectivity index (χ1v) is 12.2. The van der Waals surface area contributed by atoms with Crippen LogP contribution in [0.5, 0.6) is 0 Å². The van der Waals surface area contributed by atoms with Gasteiger partial charge < -0.3 is 0 Å². The molecule has 0 saturated carbocycles. The van der Waals surface area contributed by atoms with Crippen LogP contribution in [0.4, 0.5) is 0 Å². The smallest absolute Gasteiger partial charge is 0.191 e. The fourth-order valence-electron chi connectivity index (χ4n) is 3.62. The molecule has 0 N–H and O–H groups in total. The Hall–Kier alpha value is -3.24. The van der Waals surface area contributed by atoms with Crippen LogP contribution < -0.4 is 0 Å². The van der Waals surface area contributed by atoms with Crippen molar-refractivity contribution in [3.05, 3.63) is 83.4 Å². The average Bonchev–Trinajstić information content (AvgIpc) is 3.46. The standard InChI is InChI=1S/C22H18N8S2/c1-3-7-15(8-4-1)17-13-31-21-25-23-19(29(21)27-17)11-12-20-24-26-22-30(20)28-18(14-32-22)16-9-5-2-6-10-16/h1-10H,11-14H2. The van der Waals surface area contributed by atoms with E-state index >= 15 is 0 Å². The van der Waals surface area contributed by atoms with Gasteiger partial charge in [0.05, 0.1) is 11.4 Å². The lowest BCUT2D eigenvalue weighted by molar-refractivity contribution is 0.660. The molecule has 32 heavy (non-hydrogen) atoms. The number of hydrogen-bond donors (Lipinski definition) is 0. The van der Waals surface area contributed by atoms with Crippen molar-refractivity contribution in [2.45, 2.75) is 23.2 Å². The number of nitrogens with zero attached hydrogens (tertiary/aromatic N) is 8. The molecule has 2 aliphatic heterocycles. The summed E-state index contributed by atoms with van der Waals surface area (Å²) in [6.07, 6.45) is 1.30. The molecule has 2 aromatic heterocycles. The van der Waals surface area contributed by atoms with Crippen LogP contribution in [0.2, 0.25) is 0 Å². The van der Waals surface area contributed by atoms with Crippen LogP contribution >= 0.6 is 23.5 Å². The molecule has 0 radical (unpaired) electrons. The predicted molar refractivity (Wildman–Crippen MR) is 126 cm³/mol. The van der Waals surface area contributed by atoms with Crippen molar-refractivity contribution >= 4 is 34.9 Å². The van der Waals surface area contributed by atoms with E-state index in [1.165, 1.54) is 0 Å². The summed E-state index contributed by atoms with van der Waals surface area (Å²) in [4.78, 5) is 0. The number of hydrogen-bond acceptors (Lipinski definition) is 8. The van der Waals surface area contributed by atoms with Crippen LogP contribution in [0.1, 0.15) is 22.8 Å². The molecule has 0 aliphatic carbocycles. The molecule has 2 aliphatic rings. The highest BCUT2D eigenvalue weighted by Gasteiger charge is 2.22. The number of aromatic nitrogens is 6. The number of fused-ring (bicyclic) bond motifs is 2. The lowest BCUT2D eigenvalue weighted by Gasteiger charge is -2.14. The van der Waals surface area contributed by atoms with E-state index in [1.54, 1.807) is 23.5 Å². The van der Waals surface area contributed by atoms with Crippen LogP contribution in [-0.4, -0.2) is 52.7 Å². The van der Waals surface area contributed by atoms with Gasteiger partial charge in [-0.2, -0.15) is 19.6 Å². The summed E-state index contributed by atoms with van der Waals surface area (Å²) >= 11 is 3.31. The zero-order valence-corrected chi connectivity index (χ0v) is 18.6. The second-order valence-corrected chi connectivity index (χ2v) is 9.21. The van der Waals surface area contributed by atoms with E-state index in [-0.39, 0.29) is 0 Å². The monoisotopic (exact) mass is 458 g/mol. The van der Waals surface area contributed by atoms with Gasteiger partial charge in [0.1, 0.15) is 0 Å². The summed E-state index contributed by atoms with van der Waals surface area (Å²) in [6.45, 7) is 0. The van der Waals surface area contributed by atoms with Gasteiger partial charge in [-0.1, -0.05) is 84.2 Å². The minimum atomic E-state index is 0.651. The predicted octanol–water partition coefficient (Wildman–Crippen LogP) is 3.37. The van der Waals surface area contributed by atoms with Crippen molar-refractivity contribution in [2.24, 2.45) is 10.2 Å². The van der Waals surface area contributed by atoms with Gasteiger partial charge in [-0.25, -0.2) is 0 Å². The van der Waals surface area contributed by atoms with Gasteiger partial charge in [0.25, 0.3) is 0 Å². The Balaban J connectivity index is 1.25. The van der Waals surface area contributed by atoms with Crippen LogP contribution in [0.25, 0.3) is 0 Å². The van der Waals surface area contributed by atoms with Gasteiger partial charge >= 0.3 is 0 Å². The Morgan fingerprint density at radius 3 is 1.47 bits per heavy atom. The van der Waals surface area contributed by atoms with Gasteiger partial charge in [-0.05, 0) is 11.1 Å². The Kier molecular flexibility index (Phi) is 5.08. The molecule has 0 saturated heterocycles. The van der Waals surface area contributed by atoms with Gasteiger partial charge in [-0.3, -0.25) is 0 Å². The lowest BCUT2D eigenvalue weighted by atomic mass is 10.1. The Morgan fingerprint density at radius 1 is 0.594 bits per heavy atom. The zero-order valence-electron chi connectivity index (χ0n) is 17.0. The van der Waals surface area contributed by atoms with Gasteiger partial charge in [0.2, 0.25) is 10.3 Å². The molecule has 0 bridgehead atoms. The summed E-state index contributed by atoms with van der Waals surface area (Å²) in [5.74, 6) is 3.20. The van der Waals surface area contributed by atoms with Gasteiger partial charge in [0.15, 0.2) is 11.6 Å². The number of aryl methyl sites for hydroxylation is 2. The maximum absolute atomic E-state index is 4.83. The van der Waals surface area contributed by atoms with E-state index in [4.69, 9.17) is 10.2 Å². The number of thioether (sulfide) groups is 2. The maximum atomic E-state index is 4.83. The highest BCUT2D eigenvalue weighted by molar-refractivity contribution is 8.00. The first kappa shape index (κ1) is 19.4. The van der Waals surface area contributed by atoms with Crippen LogP contribution in [0, 0.1) is 0 Å². The fourth-order valence-corrected chi connectivity index (χ4v) is 5.33. The van der Waals surface area contributed by atoms with E-state index in [1.807, 2.05) is 45.8 Å². The molecule has 0 spiro atoms. The molecular formula is C22H18N8S2. The largest absolute Gasteiger partial charge is 0.212 e. The van der Waals surface area contributed by atoms with E-state index < -0.39 is 0 Å². The molecule has 8 nitrogen and oxygen atoms in total. The topological polar surface area (TPSA) is 86.1 Å². The third kappa shape index (κ3) is 3.65. The SMILES string of the molecule is c1ccc(C2=Nn3c(CCc4nnc5n4N=C(c4ccccc4)CS5)nnc3SC2)cc1. The summed E-state index contributed by atoms with van der Waals surface area (Å²) in [5, 5.41) is 28.7. The minimum Gasteiger partial charge on any atom is -0.191 e. The van der Waals surface area contributed by atoms with Crippen molar-refractivity contribution in [2.75, 3.05) is 11.5 Å². The fraction of sp³-hybridized carbons (Fsp3) is 0.182. The van der Waals surface area contributed by atoms with Crippen LogP contribution in [0.15, 0.2) is 81.2 Å².